The fourth-order valence-corrected chi connectivity index (χ4v) is 4.49. The Kier molecular flexibility index (Phi) is 4.51. The van der Waals surface area contributed by atoms with Crippen LogP contribution >= 0.6 is 0 Å². The Balaban J connectivity index is 1.79. The summed E-state index contributed by atoms with van der Waals surface area (Å²) in [4.78, 5) is 11.5. The maximum Gasteiger partial charge on any atom is 0.508 e. The minimum absolute atomic E-state index is 0.0523. The fourth-order valence-electron chi connectivity index (χ4n) is 2.84. The first-order valence-electron chi connectivity index (χ1n) is 7.01. The van der Waals surface area contributed by atoms with Gasteiger partial charge < -0.3 is 9.47 Å². The molecule has 2 unspecified atom stereocenters. The predicted molar refractivity (Wildman–Crippen MR) is 73.0 cm³/mol. The first-order valence-corrected chi connectivity index (χ1v) is 9.68. The van der Waals surface area contributed by atoms with Crippen LogP contribution in [0.25, 0.3) is 0 Å². The lowest BCUT2D eigenvalue weighted by atomic mass is 9.74. The molecule has 0 N–H and O–H groups in total. The smallest absolute Gasteiger partial charge is 0.434 e. The van der Waals surface area contributed by atoms with Gasteiger partial charge in [-0.15, -0.1) is 0 Å². The average molecular weight is 388 g/mol. The van der Waals surface area contributed by atoms with Gasteiger partial charge in [-0.25, -0.2) is 21.5 Å². The van der Waals surface area contributed by atoms with E-state index in [1.165, 1.54) is 0 Å². The van der Waals surface area contributed by atoms with E-state index in [0.717, 1.165) is 0 Å². The molecule has 0 aromatic heterocycles. The van der Waals surface area contributed by atoms with E-state index in [-0.39, 0.29) is 33.0 Å². The molecule has 3 fully saturated rings. The maximum absolute atomic E-state index is 11.5. The molecular formula is C11H16O11S2. The van der Waals surface area contributed by atoms with Crippen LogP contribution in [0.5, 0.6) is 0 Å². The molecule has 0 spiro atoms. The molecule has 0 radical (unpaired) electrons. The number of rotatable bonds is 2. The van der Waals surface area contributed by atoms with Crippen LogP contribution in [0.1, 0.15) is 6.92 Å². The van der Waals surface area contributed by atoms with Crippen LogP contribution in [-0.2, 0) is 47.0 Å². The summed E-state index contributed by atoms with van der Waals surface area (Å²) >= 11 is 0. The molecule has 0 aromatic rings. The largest absolute Gasteiger partial charge is 0.508 e. The summed E-state index contributed by atoms with van der Waals surface area (Å²) in [6.07, 6.45) is -1.73. The van der Waals surface area contributed by atoms with Gasteiger partial charge in [0.05, 0.1) is 31.8 Å². The van der Waals surface area contributed by atoms with Crippen LogP contribution < -0.4 is 0 Å². The maximum atomic E-state index is 11.5. The Labute approximate surface area is 138 Å². The van der Waals surface area contributed by atoms with E-state index in [0.29, 0.717) is 0 Å². The first-order chi connectivity index (χ1) is 11.1. The molecule has 138 valence electrons. The summed E-state index contributed by atoms with van der Waals surface area (Å²) in [6, 6.07) is 0. The summed E-state index contributed by atoms with van der Waals surface area (Å²) in [5.74, 6) is -0.932. The van der Waals surface area contributed by atoms with Crippen molar-refractivity contribution in [3.05, 3.63) is 0 Å². The molecule has 0 aliphatic carbocycles. The van der Waals surface area contributed by atoms with Crippen molar-refractivity contribution in [1.29, 1.82) is 0 Å². The topological polar surface area (TPSA) is 141 Å². The van der Waals surface area contributed by atoms with Crippen LogP contribution in [0.4, 0.5) is 4.79 Å². The van der Waals surface area contributed by atoms with E-state index >= 15 is 0 Å². The normalized spacial score (nSPS) is 35.6. The Morgan fingerprint density at radius 1 is 0.917 bits per heavy atom. The number of carbonyl (C=O) groups excluding carboxylic acids is 1. The standard InChI is InChI=1S/C11H16O11S2/c1-11(5-20-24(15,16)21-6-11)9-8(4-17-10(12)22-9)7-2-18-23(13,14)19-3-7/h7-9H,2-6H2,1H3. The molecule has 24 heavy (non-hydrogen) atoms. The summed E-state index contributed by atoms with van der Waals surface area (Å²) in [7, 11) is -8.08. The second kappa shape index (κ2) is 6.07. The van der Waals surface area contributed by atoms with Gasteiger partial charge in [-0.1, -0.05) is 6.92 Å². The van der Waals surface area contributed by atoms with Gasteiger partial charge in [0.1, 0.15) is 12.7 Å². The van der Waals surface area contributed by atoms with Crippen molar-refractivity contribution < 1.29 is 47.8 Å². The lowest BCUT2D eigenvalue weighted by molar-refractivity contribution is -0.157. The van der Waals surface area contributed by atoms with Gasteiger partial charge in [0.2, 0.25) is 0 Å². The van der Waals surface area contributed by atoms with E-state index < -0.39 is 50.3 Å². The second-order valence-corrected chi connectivity index (χ2v) is 8.66. The zero-order chi connectivity index (χ0) is 17.6. The van der Waals surface area contributed by atoms with Crippen molar-refractivity contribution in [1.82, 2.24) is 0 Å². The lowest BCUT2D eigenvalue weighted by Gasteiger charge is -2.45. The number of hydrogen-bond donors (Lipinski definition) is 0. The molecule has 3 aliphatic rings. The van der Waals surface area contributed by atoms with Crippen molar-refractivity contribution in [2.45, 2.75) is 13.0 Å². The third-order valence-electron chi connectivity index (χ3n) is 4.22. The minimum Gasteiger partial charge on any atom is -0.434 e. The molecule has 3 saturated heterocycles. The van der Waals surface area contributed by atoms with Gasteiger partial charge in [0.25, 0.3) is 0 Å². The highest BCUT2D eigenvalue weighted by Gasteiger charge is 2.52. The highest BCUT2D eigenvalue weighted by molar-refractivity contribution is 7.82. The fraction of sp³-hybridized carbons (Fsp3) is 0.909. The van der Waals surface area contributed by atoms with E-state index in [1.54, 1.807) is 6.92 Å². The van der Waals surface area contributed by atoms with Crippen LogP contribution in [-0.4, -0.2) is 62.1 Å². The van der Waals surface area contributed by atoms with E-state index in [1.807, 2.05) is 0 Å². The molecule has 0 amide bonds. The highest BCUT2D eigenvalue weighted by Crippen LogP contribution is 2.40. The Bertz CT molecular complexity index is 684. The van der Waals surface area contributed by atoms with Crippen molar-refractivity contribution >= 4 is 27.0 Å². The van der Waals surface area contributed by atoms with E-state index in [4.69, 9.17) is 17.8 Å². The third-order valence-corrected chi connectivity index (χ3v) is 5.88. The SMILES string of the molecule is CC1(C2OC(=O)OCC2C2COS(=O)(=O)OC2)COS(=O)(=O)OC1. The molecular weight excluding hydrogens is 372 g/mol. The van der Waals surface area contributed by atoms with Gasteiger partial charge in [-0.05, 0) is 0 Å². The monoisotopic (exact) mass is 388 g/mol. The highest BCUT2D eigenvalue weighted by atomic mass is 32.3. The van der Waals surface area contributed by atoms with Gasteiger partial charge in [-0.2, -0.15) is 16.8 Å². The number of carbonyl (C=O) groups is 1. The molecule has 0 aromatic carbocycles. The zero-order valence-electron chi connectivity index (χ0n) is 12.6. The summed E-state index contributed by atoms with van der Waals surface area (Å²) < 4.78 is 73.7. The summed E-state index contributed by atoms with van der Waals surface area (Å²) in [5.41, 5.74) is -0.967. The summed E-state index contributed by atoms with van der Waals surface area (Å²) in [5, 5.41) is 0. The van der Waals surface area contributed by atoms with Gasteiger partial charge in [0.15, 0.2) is 0 Å². The number of cyclic esters (lactones) is 2. The van der Waals surface area contributed by atoms with Crippen molar-refractivity contribution in [2.75, 3.05) is 33.0 Å². The first kappa shape index (κ1) is 17.8. The Hall–Kier alpha value is -0.990. The third kappa shape index (κ3) is 3.65. The average Bonchev–Trinajstić information content (AvgIpc) is 2.51. The Morgan fingerprint density at radius 3 is 2.04 bits per heavy atom. The molecule has 13 heteroatoms. The van der Waals surface area contributed by atoms with Gasteiger partial charge >= 0.3 is 27.0 Å². The molecule has 3 heterocycles. The quantitative estimate of drug-likeness (QED) is 0.557. The molecule has 3 aliphatic heterocycles. The Morgan fingerprint density at radius 2 is 1.46 bits per heavy atom. The number of hydrogen-bond acceptors (Lipinski definition) is 11. The van der Waals surface area contributed by atoms with Crippen LogP contribution in [0, 0.1) is 17.3 Å². The number of ether oxygens (including phenoxy) is 2. The summed E-state index contributed by atoms with van der Waals surface area (Å²) in [6.45, 7) is 0.747. The molecule has 3 rings (SSSR count). The molecule has 0 saturated carbocycles. The van der Waals surface area contributed by atoms with Crippen LogP contribution in [0.15, 0.2) is 0 Å². The molecule has 2 atom stereocenters. The second-order valence-electron chi connectivity index (χ2n) is 6.09. The van der Waals surface area contributed by atoms with Crippen LogP contribution in [0.3, 0.4) is 0 Å². The van der Waals surface area contributed by atoms with Crippen LogP contribution in [0.2, 0.25) is 0 Å². The van der Waals surface area contributed by atoms with Crippen molar-refractivity contribution in [3.8, 4) is 0 Å². The zero-order valence-corrected chi connectivity index (χ0v) is 14.2. The molecule has 11 nitrogen and oxygen atoms in total. The van der Waals surface area contributed by atoms with E-state index in [9.17, 15) is 21.6 Å². The predicted octanol–water partition coefficient (Wildman–Crippen LogP) is -0.656. The van der Waals surface area contributed by atoms with Crippen molar-refractivity contribution in [2.24, 2.45) is 17.3 Å². The van der Waals surface area contributed by atoms with Gasteiger partial charge in [-0.3, -0.25) is 0 Å². The van der Waals surface area contributed by atoms with Crippen molar-refractivity contribution in [3.63, 3.8) is 0 Å². The van der Waals surface area contributed by atoms with E-state index in [2.05, 4.69) is 8.37 Å². The lowest BCUT2D eigenvalue weighted by Crippen LogP contribution is -2.57. The minimum atomic E-state index is -4.06. The van der Waals surface area contributed by atoms with Gasteiger partial charge in [0, 0.05) is 11.8 Å². The molecule has 0 bridgehead atoms.